The third-order valence-corrected chi connectivity index (χ3v) is 3.24. The van der Waals surface area contributed by atoms with Crippen LogP contribution < -0.4 is 0 Å². The zero-order valence-corrected chi connectivity index (χ0v) is 8.64. The standard InChI is InChI=1S/C10H11NO5/c1-10(9(14)15)3-7-5(4-11-16-7)2-6(10)8(12)13/h4,6H,2-3H2,1H3,(H,12,13)(H,14,15)/t6-,10+/m0/s1. The van der Waals surface area contributed by atoms with E-state index in [1.54, 1.807) is 0 Å². The molecule has 1 aromatic rings. The molecule has 1 aliphatic carbocycles. The van der Waals surface area contributed by atoms with Gasteiger partial charge in [0.15, 0.2) is 0 Å². The molecule has 0 aliphatic heterocycles. The first-order chi connectivity index (χ1) is 7.45. The lowest BCUT2D eigenvalue weighted by atomic mass is 9.67. The monoisotopic (exact) mass is 225 g/mol. The highest BCUT2D eigenvalue weighted by Gasteiger charge is 2.50. The number of aromatic nitrogens is 1. The van der Waals surface area contributed by atoms with E-state index in [0.29, 0.717) is 11.3 Å². The van der Waals surface area contributed by atoms with Gasteiger partial charge in [-0.3, -0.25) is 9.59 Å². The van der Waals surface area contributed by atoms with E-state index in [9.17, 15) is 9.59 Å². The Balaban J connectivity index is 2.45. The molecular weight excluding hydrogens is 214 g/mol. The summed E-state index contributed by atoms with van der Waals surface area (Å²) in [7, 11) is 0. The highest BCUT2D eigenvalue weighted by Crippen LogP contribution is 2.40. The molecule has 16 heavy (non-hydrogen) atoms. The smallest absolute Gasteiger partial charge is 0.310 e. The molecular formula is C10H11NO5. The van der Waals surface area contributed by atoms with Crippen molar-refractivity contribution >= 4 is 11.9 Å². The number of hydrogen-bond acceptors (Lipinski definition) is 4. The Labute approximate surface area is 90.9 Å². The summed E-state index contributed by atoms with van der Waals surface area (Å²) in [6.07, 6.45) is 1.66. The average Bonchev–Trinajstić information content (AvgIpc) is 2.62. The number of carboxylic acids is 2. The van der Waals surface area contributed by atoms with Gasteiger partial charge in [-0.15, -0.1) is 0 Å². The Hall–Kier alpha value is -1.85. The Morgan fingerprint density at radius 3 is 2.81 bits per heavy atom. The van der Waals surface area contributed by atoms with Crippen LogP contribution in [-0.4, -0.2) is 27.3 Å². The molecule has 2 rings (SSSR count). The minimum Gasteiger partial charge on any atom is -0.481 e. The van der Waals surface area contributed by atoms with Crippen LogP contribution in [0.15, 0.2) is 10.7 Å². The van der Waals surface area contributed by atoms with Gasteiger partial charge in [0.2, 0.25) is 0 Å². The number of fused-ring (bicyclic) bond motifs is 1. The minimum absolute atomic E-state index is 0.0641. The van der Waals surface area contributed by atoms with Gasteiger partial charge in [-0.1, -0.05) is 5.16 Å². The fraction of sp³-hybridized carbons (Fsp3) is 0.500. The van der Waals surface area contributed by atoms with Crippen molar-refractivity contribution in [2.45, 2.75) is 19.8 Å². The van der Waals surface area contributed by atoms with Crippen LogP contribution in [0.3, 0.4) is 0 Å². The van der Waals surface area contributed by atoms with Crippen LogP contribution in [-0.2, 0) is 22.4 Å². The van der Waals surface area contributed by atoms with E-state index in [-0.39, 0.29) is 12.8 Å². The lowest BCUT2D eigenvalue weighted by Crippen LogP contribution is -2.45. The lowest BCUT2D eigenvalue weighted by molar-refractivity contribution is -0.162. The number of aliphatic carboxylic acids is 2. The molecule has 0 radical (unpaired) electrons. The van der Waals surface area contributed by atoms with E-state index in [4.69, 9.17) is 14.7 Å². The number of carboxylic acid groups (broad SMARTS) is 2. The van der Waals surface area contributed by atoms with Crippen molar-refractivity contribution in [1.29, 1.82) is 0 Å². The molecule has 86 valence electrons. The topological polar surface area (TPSA) is 101 Å². The van der Waals surface area contributed by atoms with Gasteiger partial charge in [0, 0.05) is 12.0 Å². The quantitative estimate of drug-likeness (QED) is 0.762. The van der Waals surface area contributed by atoms with E-state index in [1.807, 2.05) is 0 Å². The van der Waals surface area contributed by atoms with Crippen molar-refractivity contribution in [2.75, 3.05) is 0 Å². The predicted octanol–water partition coefficient (Wildman–Crippen LogP) is 0.565. The van der Waals surface area contributed by atoms with Crippen molar-refractivity contribution in [3.05, 3.63) is 17.5 Å². The molecule has 2 atom stereocenters. The summed E-state index contributed by atoms with van der Waals surface area (Å²) in [5.74, 6) is -2.70. The zero-order chi connectivity index (χ0) is 11.9. The first-order valence-electron chi connectivity index (χ1n) is 4.84. The third kappa shape index (κ3) is 1.37. The molecule has 0 aromatic carbocycles. The molecule has 0 spiro atoms. The summed E-state index contributed by atoms with van der Waals surface area (Å²) in [5, 5.41) is 21.8. The molecule has 0 saturated heterocycles. The molecule has 0 fully saturated rings. The summed E-state index contributed by atoms with van der Waals surface area (Å²) in [6, 6.07) is 0. The Morgan fingerprint density at radius 2 is 2.25 bits per heavy atom. The molecule has 6 heteroatoms. The second-order valence-electron chi connectivity index (χ2n) is 4.27. The fourth-order valence-electron chi connectivity index (χ4n) is 2.08. The third-order valence-electron chi connectivity index (χ3n) is 3.24. The largest absolute Gasteiger partial charge is 0.481 e. The summed E-state index contributed by atoms with van der Waals surface area (Å²) < 4.78 is 4.92. The van der Waals surface area contributed by atoms with Gasteiger partial charge in [0.1, 0.15) is 5.76 Å². The van der Waals surface area contributed by atoms with Crippen LogP contribution in [0.1, 0.15) is 18.2 Å². The summed E-state index contributed by atoms with van der Waals surface area (Å²) >= 11 is 0. The van der Waals surface area contributed by atoms with Crippen LogP contribution in [0.2, 0.25) is 0 Å². The van der Waals surface area contributed by atoms with Crippen LogP contribution >= 0.6 is 0 Å². The maximum absolute atomic E-state index is 11.2. The van der Waals surface area contributed by atoms with Gasteiger partial charge in [-0.25, -0.2) is 0 Å². The predicted molar refractivity (Wildman–Crippen MR) is 50.8 cm³/mol. The molecule has 0 saturated carbocycles. The maximum atomic E-state index is 11.2. The van der Waals surface area contributed by atoms with Gasteiger partial charge in [-0.2, -0.15) is 0 Å². The molecule has 0 amide bonds. The van der Waals surface area contributed by atoms with Crippen molar-refractivity contribution in [3.8, 4) is 0 Å². The van der Waals surface area contributed by atoms with E-state index in [2.05, 4.69) is 5.16 Å². The molecule has 0 unspecified atom stereocenters. The fourth-order valence-corrected chi connectivity index (χ4v) is 2.08. The molecule has 2 N–H and O–H groups in total. The highest BCUT2D eigenvalue weighted by atomic mass is 16.5. The first kappa shape index (κ1) is 10.7. The van der Waals surface area contributed by atoms with Crippen molar-refractivity contribution in [2.24, 2.45) is 11.3 Å². The molecule has 1 aliphatic rings. The molecule has 0 bridgehead atoms. The van der Waals surface area contributed by atoms with Crippen LogP contribution in [0, 0.1) is 11.3 Å². The van der Waals surface area contributed by atoms with Crippen LogP contribution in [0.4, 0.5) is 0 Å². The molecule has 1 heterocycles. The van der Waals surface area contributed by atoms with E-state index < -0.39 is 23.3 Å². The summed E-state index contributed by atoms with van der Waals surface area (Å²) in [5.41, 5.74) is -0.649. The molecule has 1 aromatic heterocycles. The zero-order valence-electron chi connectivity index (χ0n) is 8.64. The van der Waals surface area contributed by atoms with Gasteiger partial charge in [0.05, 0.1) is 17.5 Å². The van der Waals surface area contributed by atoms with Gasteiger partial charge in [0.25, 0.3) is 0 Å². The number of nitrogens with zero attached hydrogens (tertiary/aromatic N) is 1. The van der Waals surface area contributed by atoms with E-state index in [0.717, 1.165) is 0 Å². The Bertz CT molecular complexity index is 452. The van der Waals surface area contributed by atoms with Crippen molar-refractivity contribution < 1.29 is 24.3 Å². The van der Waals surface area contributed by atoms with Gasteiger partial charge >= 0.3 is 11.9 Å². The number of carbonyl (C=O) groups is 2. The SMILES string of the molecule is C[C@@]1(C(=O)O)Cc2oncc2C[C@H]1C(=O)O. The second kappa shape index (κ2) is 3.33. The normalized spacial score (nSPS) is 28.4. The van der Waals surface area contributed by atoms with Gasteiger partial charge in [-0.05, 0) is 13.3 Å². The van der Waals surface area contributed by atoms with Gasteiger partial charge < -0.3 is 14.7 Å². The van der Waals surface area contributed by atoms with Crippen LogP contribution in [0.5, 0.6) is 0 Å². The highest BCUT2D eigenvalue weighted by molar-refractivity contribution is 5.84. The minimum atomic E-state index is -1.33. The second-order valence-corrected chi connectivity index (χ2v) is 4.27. The maximum Gasteiger partial charge on any atom is 0.310 e. The Morgan fingerprint density at radius 1 is 1.56 bits per heavy atom. The number of hydrogen-bond donors (Lipinski definition) is 2. The summed E-state index contributed by atoms with van der Waals surface area (Å²) in [6.45, 7) is 1.43. The number of rotatable bonds is 2. The summed E-state index contributed by atoms with van der Waals surface area (Å²) in [4.78, 5) is 22.3. The van der Waals surface area contributed by atoms with Crippen LogP contribution in [0.25, 0.3) is 0 Å². The Kier molecular flexibility index (Phi) is 2.22. The molecule has 6 nitrogen and oxygen atoms in total. The van der Waals surface area contributed by atoms with Crippen molar-refractivity contribution in [3.63, 3.8) is 0 Å². The lowest BCUT2D eigenvalue weighted by Gasteiger charge is -2.33. The first-order valence-corrected chi connectivity index (χ1v) is 4.84. The average molecular weight is 225 g/mol. The van der Waals surface area contributed by atoms with Crippen molar-refractivity contribution in [1.82, 2.24) is 5.16 Å². The van der Waals surface area contributed by atoms with E-state index in [1.165, 1.54) is 13.1 Å². The van der Waals surface area contributed by atoms with E-state index >= 15 is 0 Å².